The average Bonchev–Trinajstić information content (AvgIpc) is 3.19. The highest BCUT2D eigenvalue weighted by Crippen LogP contribution is 2.32. The van der Waals surface area contributed by atoms with Crippen molar-refractivity contribution in [3.8, 4) is 11.3 Å². The maximum atomic E-state index is 12.5. The van der Waals surface area contributed by atoms with Crippen LogP contribution in [0.4, 0.5) is 11.1 Å². The zero-order chi connectivity index (χ0) is 23.0. The number of hydrogen-bond donors (Lipinski definition) is 2. The van der Waals surface area contributed by atoms with Gasteiger partial charge < -0.3 is 15.4 Å². The molecule has 2 N–H and O–H groups in total. The maximum absolute atomic E-state index is 12.5. The quantitative estimate of drug-likeness (QED) is 0.462. The van der Waals surface area contributed by atoms with E-state index in [-0.39, 0.29) is 5.91 Å². The van der Waals surface area contributed by atoms with Gasteiger partial charge in [-0.25, -0.2) is 15.0 Å². The molecule has 1 aliphatic heterocycles. The number of amides is 1. The number of aryl methyl sites for hydroxylation is 2. The molecule has 9 heteroatoms. The van der Waals surface area contributed by atoms with Crippen LogP contribution in [0.2, 0.25) is 0 Å². The van der Waals surface area contributed by atoms with Crippen molar-refractivity contribution >= 4 is 28.3 Å². The lowest BCUT2D eigenvalue weighted by atomic mass is 10.1. The number of nitrogens with zero attached hydrogens (tertiary/aromatic N) is 4. The summed E-state index contributed by atoms with van der Waals surface area (Å²) in [4.78, 5) is 29.6. The van der Waals surface area contributed by atoms with Gasteiger partial charge in [-0.05, 0) is 26.3 Å². The van der Waals surface area contributed by atoms with Crippen LogP contribution >= 0.6 is 11.3 Å². The maximum Gasteiger partial charge on any atom is 0.226 e. The Labute approximate surface area is 198 Å². The molecule has 0 atom stereocenters. The molecular weight excluding hydrogens is 436 g/mol. The molecule has 8 nitrogen and oxygen atoms in total. The molecule has 0 unspecified atom stereocenters. The highest BCUT2D eigenvalue weighted by atomic mass is 32.1. The molecule has 1 aromatic carbocycles. The van der Waals surface area contributed by atoms with E-state index in [0.29, 0.717) is 30.5 Å². The molecule has 3 aromatic rings. The largest absolute Gasteiger partial charge is 0.379 e. The van der Waals surface area contributed by atoms with E-state index in [9.17, 15) is 4.79 Å². The highest BCUT2D eigenvalue weighted by molar-refractivity contribution is 7.16. The molecule has 0 saturated carbocycles. The van der Waals surface area contributed by atoms with E-state index in [2.05, 4.69) is 37.6 Å². The topological polar surface area (TPSA) is 92.3 Å². The van der Waals surface area contributed by atoms with Gasteiger partial charge in [-0.1, -0.05) is 41.7 Å². The number of ether oxygens (including phenoxy) is 1. The van der Waals surface area contributed by atoms with Crippen LogP contribution in [0.3, 0.4) is 0 Å². The summed E-state index contributed by atoms with van der Waals surface area (Å²) < 4.78 is 5.47. The van der Waals surface area contributed by atoms with E-state index in [1.54, 1.807) is 11.3 Å². The van der Waals surface area contributed by atoms with Gasteiger partial charge in [-0.3, -0.25) is 9.69 Å². The monoisotopic (exact) mass is 466 g/mol. The number of hydrogen-bond acceptors (Lipinski definition) is 8. The van der Waals surface area contributed by atoms with Crippen LogP contribution in [0.25, 0.3) is 11.3 Å². The fraction of sp³-hybridized carbons (Fsp3) is 0.417. The van der Waals surface area contributed by atoms with Gasteiger partial charge in [0.2, 0.25) is 11.9 Å². The van der Waals surface area contributed by atoms with Crippen LogP contribution in [0.15, 0.2) is 36.4 Å². The Kier molecular flexibility index (Phi) is 7.98. The molecule has 1 fully saturated rings. The van der Waals surface area contributed by atoms with Crippen molar-refractivity contribution in [1.82, 2.24) is 19.9 Å². The third-order valence-electron chi connectivity index (χ3n) is 5.31. The molecular formula is C24H30N6O2S. The van der Waals surface area contributed by atoms with E-state index in [1.165, 1.54) is 0 Å². The Bertz CT molecular complexity index is 1050. The van der Waals surface area contributed by atoms with Gasteiger partial charge in [0.15, 0.2) is 5.13 Å². The molecule has 1 aliphatic rings. The molecule has 3 heterocycles. The Hall–Kier alpha value is -2.88. The van der Waals surface area contributed by atoms with Gasteiger partial charge in [0.1, 0.15) is 0 Å². The molecule has 174 valence electrons. The van der Waals surface area contributed by atoms with Crippen molar-refractivity contribution < 1.29 is 9.53 Å². The Balaban J connectivity index is 1.35. The Morgan fingerprint density at radius 3 is 2.55 bits per heavy atom. The smallest absolute Gasteiger partial charge is 0.226 e. The summed E-state index contributed by atoms with van der Waals surface area (Å²) >= 11 is 1.55. The highest BCUT2D eigenvalue weighted by Gasteiger charge is 2.19. The fourth-order valence-corrected chi connectivity index (χ4v) is 4.77. The summed E-state index contributed by atoms with van der Waals surface area (Å²) in [6, 6.07) is 12.1. The van der Waals surface area contributed by atoms with Crippen molar-refractivity contribution in [1.29, 1.82) is 0 Å². The van der Waals surface area contributed by atoms with Crippen LogP contribution in [0.5, 0.6) is 0 Å². The Morgan fingerprint density at radius 2 is 1.82 bits per heavy atom. The normalized spacial score (nSPS) is 14.2. The molecule has 0 radical (unpaired) electrons. The third kappa shape index (κ3) is 6.80. The number of nitrogens with one attached hydrogen (secondary N) is 2. The number of carbonyl (C=O) groups excluding carboxylic acids is 1. The van der Waals surface area contributed by atoms with Gasteiger partial charge in [-0.15, -0.1) is 0 Å². The standard InChI is InChI=1S/C24H30N6O2S/c1-17-15-18(2)27-23(26-17)25-10-6-9-21(31)28-24-29-22(19-7-4-3-5-8-19)20(33-24)16-30-11-13-32-14-12-30/h3-5,7-8,15H,6,9-14,16H2,1-2H3,(H,25,26,27)(H,28,29,31). The molecule has 4 rings (SSSR count). The molecule has 1 amide bonds. The lowest BCUT2D eigenvalue weighted by molar-refractivity contribution is -0.116. The van der Waals surface area contributed by atoms with Gasteiger partial charge in [-0.2, -0.15) is 0 Å². The minimum atomic E-state index is -0.0376. The number of thiazole rings is 1. The summed E-state index contributed by atoms with van der Waals surface area (Å²) in [7, 11) is 0. The van der Waals surface area contributed by atoms with Crippen molar-refractivity contribution in [3.05, 3.63) is 52.7 Å². The predicted octanol–water partition coefficient (Wildman–Crippen LogP) is 3.88. The number of rotatable bonds is 9. The summed E-state index contributed by atoms with van der Waals surface area (Å²) in [6.07, 6.45) is 1.08. The second kappa shape index (κ2) is 11.3. The van der Waals surface area contributed by atoms with E-state index in [4.69, 9.17) is 9.72 Å². The first kappa shape index (κ1) is 23.3. The molecule has 1 saturated heterocycles. The first-order valence-corrected chi connectivity index (χ1v) is 12.1. The fourth-order valence-electron chi connectivity index (χ4n) is 3.73. The van der Waals surface area contributed by atoms with Gasteiger partial charge >= 0.3 is 0 Å². The van der Waals surface area contributed by atoms with Gasteiger partial charge in [0.25, 0.3) is 0 Å². The van der Waals surface area contributed by atoms with Crippen molar-refractivity contribution in [2.24, 2.45) is 0 Å². The van der Waals surface area contributed by atoms with Crippen LogP contribution in [-0.2, 0) is 16.1 Å². The molecule has 2 aromatic heterocycles. The molecule has 0 bridgehead atoms. The minimum absolute atomic E-state index is 0.0376. The Morgan fingerprint density at radius 1 is 1.09 bits per heavy atom. The van der Waals surface area contributed by atoms with Crippen LogP contribution in [0, 0.1) is 13.8 Å². The number of anilines is 2. The number of carbonyl (C=O) groups is 1. The first-order valence-electron chi connectivity index (χ1n) is 11.3. The summed E-state index contributed by atoms with van der Waals surface area (Å²) in [5, 5.41) is 6.83. The molecule has 0 spiro atoms. The van der Waals surface area contributed by atoms with Crippen molar-refractivity contribution in [2.75, 3.05) is 43.5 Å². The molecule has 33 heavy (non-hydrogen) atoms. The zero-order valence-corrected chi connectivity index (χ0v) is 20.0. The number of morpholine rings is 1. The van der Waals surface area contributed by atoms with E-state index < -0.39 is 0 Å². The lowest BCUT2D eigenvalue weighted by Crippen LogP contribution is -2.35. The van der Waals surface area contributed by atoms with Crippen LogP contribution in [-0.4, -0.2) is 58.6 Å². The SMILES string of the molecule is Cc1cc(C)nc(NCCCC(=O)Nc2nc(-c3ccccc3)c(CN3CCOCC3)s2)n1. The number of aromatic nitrogens is 3. The van der Waals surface area contributed by atoms with Gasteiger partial charge in [0.05, 0.1) is 18.9 Å². The first-order chi connectivity index (χ1) is 16.1. The molecule has 0 aliphatic carbocycles. The summed E-state index contributed by atoms with van der Waals surface area (Å²) in [5.74, 6) is 0.567. The lowest BCUT2D eigenvalue weighted by Gasteiger charge is -2.26. The van der Waals surface area contributed by atoms with Crippen LogP contribution in [0.1, 0.15) is 29.1 Å². The van der Waals surface area contributed by atoms with Crippen molar-refractivity contribution in [2.45, 2.75) is 33.2 Å². The van der Waals surface area contributed by atoms with E-state index >= 15 is 0 Å². The second-order valence-electron chi connectivity index (χ2n) is 8.10. The predicted molar refractivity (Wildman–Crippen MR) is 132 cm³/mol. The second-order valence-corrected chi connectivity index (χ2v) is 9.18. The number of benzene rings is 1. The summed E-state index contributed by atoms with van der Waals surface area (Å²) in [6.45, 7) is 8.65. The van der Waals surface area contributed by atoms with E-state index in [1.807, 2.05) is 38.1 Å². The van der Waals surface area contributed by atoms with Crippen LogP contribution < -0.4 is 10.6 Å². The van der Waals surface area contributed by atoms with E-state index in [0.717, 1.165) is 60.4 Å². The zero-order valence-electron chi connectivity index (χ0n) is 19.1. The van der Waals surface area contributed by atoms with Crippen molar-refractivity contribution in [3.63, 3.8) is 0 Å². The average molecular weight is 467 g/mol. The van der Waals surface area contributed by atoms with Gasteiger partial charge in [0, 0.05) is 54.4 Å². The minimum Gasteiger partial charge on any atom is -0.379 e. The third-order valence-corrected chi connectivity index (χ3v) is 6.26. The summed E-state index contributed by atoms with van der Waals surface area (Å²) in [5.41, 5.74) is 3.86.